The minimum atomic E-state index is 0.684. The summed E-state index contributed by atoms with van der Waals surface area (Å²) in [5, 5.41) is 0. The molecule has 2 nitrogen and oxygen atoms in total. The maximum absolute atomic E-state index is 4.29. The lowest BCUT2D eigenvalue weighted by atomic mass is 10.0. The quantitative estimate of drug-likeness (QED) is 0.720. The van der Waals surface area contributed by atoms with Crippen molar-refractivity contribution in [3.8, 4) is 0 Å². The van der Waals surface area contributed by atoms with Crippen molar-refractivity contribution in [3.63, 3.8) is 0 Å². The first-order chi connectivity index (χ1) is 6.75. The van der Waals surface area contributed by atoms with Gasteiger partial charge in [0.15, 0.2) is 0 Å². The molecule has 1 aromatic heterocycles. The molecule has 0 saturated heterocycles. The lowest BCUT2D eigenvalue weighted by molar-refractivity contribution is 0.647. The summed E-state index contributed by atoms with van der Waals surface area (Å²) in [7, 11) is 0. The number of benzene rings is 1. The molecule has 0 fully saturated rings. The Morgan fingerprint density at radius 2 is 1.79 bits per heavy atom. The Hall–Kier alpha value is -1.44. The number of hydrogen-bond donors (Lipinski definition) is 0. The van der Waals surface area contributed by atoms with E-state index in [2.05, 4.69) is 35.9 Å². The predicted octanol–water partition coefficient (Wildman–Crippen LogP) is 2.83. The lowest BCUT2D eigenvalue weighted by Gasteiger charge is -2.05. The van der Waals surface area contributed by atoms with Crippen LogP contribution < -0.4 is 0 Å². The second kappa shape index (κ2) is 3.74. The SMILES string of the molecule is CC(C)Cc1ccc2nccnc2c1. The molecule has 0 N–H and O–H groups in total. The minimum absolute atomic E-state index is 0.684. The Labute approximate surface area is 84.0 Å². The molecule has 14 heavy (non-hydrogen) atoms. The molecule has 1 heterocycles. The van der Waals surface area contributed by atoms with E-state index in [9.17, 15) is 0 Å². The van der Waals surface area contributed by atoms with E-state index in [1.165, 1.54) is 5.56 Å². The summed E-state index contributed by atoms with van der Waals surface area (Å²) in [6.07, 6.45) is 4.57. The van der Waals surface area contributed by atoms with Crippen molar-refractivity contribution < 1.29 is 0 Å². The Kier molecular flexibility index (Phi) is 2.44. The molecule has 2 aromatic rings. The van der Waals surface area contributed by atoms with Gasteiger partial charge in [-0.05, 0) is 30.0 Å². The molecular formula is C12H14N2. The molecule has 0 bridgehead atoms. The van der Waals surface area contributed by atoms with E-state index in [4.69, 9.17) is 0 Å². The average molecular weight is 186 g/mol. The fourth-order valence-corrected chi connectivity index (χ4v) is 1.61. The van der Waals surface area contributed by atoms with Crippen LogP contribution in [0.25, 0.3) is 11.0 Å². The third-order valence-electron chi connectivity index (χ3n) is 2.18. The molecule has 2 rings (SSSR count). The van der Waals surface area contributed by atoms with Gasteiger partial charge in [-0.2, -0.15) is 0 Å². The van der Waals surface area contributed by atoms with Crippen LogP contribution in [0.15, 0.2) is 30.6 Å². The van der Waals surface area contributed by atoms with Crippen molar-refractivity contribution in [1.29, 1.82) is 0 Å². The lowest BCUT2D eigenvalue weighted by Crippen LogP contribution is -1.94. The Bertz CT molecular complexity index is 435. The molecule has 0 unspecified atom stereocenters. The van der Waals surface area contributed by atoms with Crippen molar-refractivity contribution in [1.82, 2.24) is 9.97 Å². The topological polar surface area (TPSA) is 25.8 Å². The molecule has 0 aliphatic carbocycles. The van der Waals surface area contributed by atoms with Gasteiger partial charge in [0.2, 0.25) is 0 Å². The van der Waals surface area contributed by atoms with Crippen LogP contribution in [-0.4, -0.2) is 9.97 Å². The summed E-state index contributed by atoms with van der Waals surface area (Å²) in [6.45, 7) is 4.45. The van der Waals surface area contributed by atoms with Crippen LogP contribution >= 0.6 is 0 Å². The highest BCUT2D eigenvalue weighted by Gasteiger charge is 2.00. The second-order valence-corrected chi connectivity index (χ2v) is 3.98. The Morgan fingerprint density at radius 3 is 2.50 bits per heavy atom. The number of aromatic nitrogens is 2. The standard InChI is InChI=1S/C12H14N2/c1-9(2)7-10-3-4-11-12(8-10)14-6-5-13-11/h3-6,8-9H,7H2,1-2H3. The normalized spacial score (nSPS) is 11.1. The van der Waals surface area contributed by atoms with Crippen LogP contribution in [-0.2, 0) is 6.42 Å². The molecule has 0 aliphatic rings. The van der Waals surface area contributed by atoms with Crippen molar-refractivity contribution >= 4 is 11.0 Å². The smallest absolute Gasteiger partial charge is 0.0889 e. The maximum atomic E-state index is 4.29. The van der Waals surface area contributed by atoms with Gasteiger partial charge >= 0.3 is 0 Å². The highest BCUT2D eigenvalue weighted by molar-refractivity contribution is 5.74. The van der Waals surface area contributed by atoms with Gasteiger partial charge in [0.25, 0.3) is 0 Å². The van der Waals surface area contributed by atoms with Gasteiger partial charge in [-0.15, -0.1) is 0 Å². The first-order valence-electron chi connectivity index (χ1n) is 4.95. The zero-order valence-corrected chi connectivity index (χ0v) is 8.57. The predicted molar refractivity (Wildman–Crippen MR) is 58.1 cm³/mol. The van der Waals surface area contributed by atoms with Crippen LogP contribution in [0.4, 0.5) is 0 Å². The van der Waals surface area contributed by atoms with Crippen molar-refractivity contribution in [3.05, 3.63) is 36.2 Å². The summed E-state index contributed by atoms with van der Waals surface area (Å²) in [5.41, 5.74) is 3.30. The fraction of sp³-hybridized carbons (Fsp3) is 0.333. The van der Waals surface area contributed by atoms with Gasteiger partial charge in [-0.1, -0.05) is 19.9 Å². The van der Waals surface area contributed by atoms with Crippen LogP contribution in [0.1, 0.15) is 19.4 Å². The van der Waals surface area contributed by atoms with Gasteiger partial charge in [0, 0.05) is 12.4 Å². The second-order valence-electron chi connectivity index (χ2n) is 3.98. The van der Waals surface area contributed by atoms with E-state index in [0.717, 1.165) is 17.5 Å². The minimum Gasteiger partial charge on any atom is -0.253 e. The Balaban J connectivity index is 2.41. The van der Waals surface area contributed by atoms with Crippen LogP contribution in [0.2, 0.25) is 0 Å². The number of rotatable bonds is 2. The van der Waals surface area contributed by atoms with Gasteiger partial charge in [0.05, 0.1) is 11.0 Å². The number of fused-ring (bicyclic) bond motifs is 1. The van der Waals surface area contributed by atoms with E-state index < -0.39 is 0 Å². The Morgan fingerprint density at radius 1 is 1.07 bits per heavy atom. The van der Waals surface area contributed by atoms with Gasteiger partial charge in [-0.25, -0.2) is 0 Å². The number of hydrogen-bond acceptors (Lipinski definition) is 2. The van der Waals surface area contributed by atoms with Crippen LogP contribution in [0.3, 0.4) is 0 Å². The summed E-state index contributed by atoms with van der Waals surface area (Å²) in [4.78, 5) is 8.53. The van der Waals surface area contributed by atoms with E-state index in [1.54, 1.807) is 12.4 Å². The third-order valence-corrected chi connectivity index (χ3v) is 2.18. The van der Waals surface area contributed by atoms with Crippen molar-refractivity contribution in [2.75, 3.05) is 0 Å². The number of nitrogens with zero attached hydrogens (tertiary/aromatic N) is 2. The molecule has 0 aliphatic heterocycles. The molecular weight excluding hydrogens is 172 g/mol. The highest BCUT2D eigenvalue weighted by Crippen LogP contribution is 2.13. The van der Waals surface area contributed by atoms with Gasteiger partial charge in [0.1, 0.15) is 0 Å². The van der Waals surface area contributed by atoms with Crippen LogP contribution in [0.5, 0.6) is 0 Å². The van der Waals surface area contributed by atoms with Gasteiger partial charge in [-0.3, -0.25) is 9.97 Å². The summed E-state index contributed by atoms with van der Waals surface area (Å²) in [6, 6.07) is 6.30. The maximum Gasteiger partial charge on any atom is 0.0889 e. The zero-order chi connectivity index (χ0) is 9.97. The van der Waals surface area contributed by atoms with Crippen LogP contribution in [0, 0.1) is 5.92 Å². The molecule has 0 saturated carbocycles. The molecule has 72 valence electrons. The first kappa shape index (κ1) is 9.13. The van der Waals surface area contributed by atoms with E-state index in [-0.39, 0.29) is 0 Å². The molecule has 0 spiro atoms. The monoisotopic (exact) mass is 186 g/mol. The summed E-state index contributed by atoms with van der Waals surface area (Å²) < 4.78 is 0. The highest BCUT2D eigenvalue weighted by atomic mass is 14.8. The van der Waals surface area contributed by atoms with Crippen molar-refractivity contribution in [2.24, 2.45) is 5.92 Å². The van der Waals surface area contributed by atoms with Crippen molar-refractivity contribution in [2.45, 2.75) is 20.3 Å². The zero-order valence-electron chi connectivity index (χ0n) is 8.57. The first-order valence-corrected chi connectivity index (χ1v) is 4.95. The van der Waals surface area contributed by atoms with E-state index in [0.29, 0.717) is 5.92 Å². The molecule has 0 amide bonds. The largest absolute Gasteiger partial charge is 0.253 e. The fourth-order valence-electron chi connectivity index (χ4n) is 1.61. The molecule has 0 atom stereocenters. The van der Waals surface area contributed by atoms with E-state index >= 15 is 0 Å². The average Bonchev–Trinajstić information content (AvgIpc) is 2.17. The summed E-state index contributed by atoms with van der Waals surface area (Å²) in [5.74, 6) is 0.684. The summed E-state index contributed by atoms with van der Waals surface area (Å²) >= 11 is 0. The molecule has 2 heteroatoms. The molecule has 0 radical (unpaired) electrons. The molecule has 1 aromatic carbocycles. The van der Waals surface area contributed by atoms with Gasteiger partial charge < -0.3 is 0 Å². The third kappa shape index (κ3) is 1.90. The van der Waals surface area contributed by atoms with E-state index in [1.807, 2.05) is 6.07 Å².